The molecule has 0 aliphatic rings. The van der Waals surface area contributed by atoms with Crippen LogP contribution in [0.2, 0.25) is 0 Å². The van der Waals surface area contributed by atoms with Gasteiger partial charge in [0.1, 0.15) is 0 Å². The van der Waals surface area contributed by atoms with Gasteiger partial charge in [-0.15, -0.1) is 0 Å². The minimum absolute atomic E-state index is 0.178. The first kappa shape index (κ1) is 13.8. The summed E-state index contributed by atoms with van der Waals surface area (Å²) in [4.78, 5) is 15.1. The molecule has 2 rings (SSSR count). The van der Waals surface area contributed by atoms with Gasteiger partial charge in [0.05, 0.1) is 14.2 Å². The number of benzene rings is 1. The van der Waals surface area contributed by atoms with Crippen LogP contribution in [0.5, 0.6) is 11.5 Å². The van der Waals surface area contributed by atoms with Crippen LogP contribution in [0.3, 0.4) is 0 Å². The van der Waals surface area contributed by atoms with Gasteiger partial charge in [-0.05, 0) is 17.7 Å². The van der Waals surface area contributed by atoms with E-state index in [-0.39, 0.29) is 5.89 Å². The molecule has 3 N–H and O–H groups in total. The van der Waals surface area contributed by atoms with E-state index in [0.717, 1.165) is 5.56 Å². The maximum Gasteiger partial charge on any atom is 0.323 e. The molecule has 0 radical (unpaired) electrons. The number of nitrogen functional groups attached to an aromatic ring is 1. The quantitative estimate of drug-likeness (QED) is 0.459. The van der Waals surface area contributed by atoms with Crippen molar-refractivity contribution in [1.82, 2.24) is 15.6 Å². The lowest BCUT2D eigenvalue weighted by Crippen LogP contribution is -2.30. The number of nitrogens with two attached hydrogens (primary N) is 1. The van der Waals surface area contributed by atoms with Gasteiger partial charge in [-0.2, -0.15) is 4.98 Å². The summed E-state index contributed by atoms with van der Waals surface area (Å²) in [5, 5.41) is 3.70. The van der Waals surface area contributed by atoms with Gasteiger partial charge < -0.3 is 14.0 Å². The second-order valence-electron chi connectivity index (χ2n) is 3.86. The Morgan fingerprint density at radius 3 is 2.75 bits per heavy atom. The van der Waals surface area contributed by atoms with Gasteiger partial charge in [0, 0.05) is 6.42 Å². The number of hydrogen-bond donors (Lipinski definition) is 2. The number of carbonyl (C=O) groups excluding carboxylic acids is 1. The molecule has 1 heterocycles. The maximum absolute atomic E-state index is 11.2. The Labute approximate surface area is 114 Å². The van der Waals surface area contributed by atoms with Crippen molar-refractivity contribution in [3.8, 4) is 11.5 Å². The van der Waals surface area contributed by atoms with Gasteiger partial charge >= 0.3 is 11.8 Å². The van der Waals surface area contributed by atoms with Crippen molar-refractivity contribution in [2.24, 2.45) is 5.84 Å². The van der Waals surface area contributed by atoms with E-state index in [9.17, 15) is 4.79 Å². The van der Waals surface area contributed by atoms with Gasteiger partial charge in [0.15, 0.2) is 17.3 Å². The minimum Gasteiger partial charge on any atom is -0.493 e. The first-order chi connectivity index (χ1) is 9.67. The zero-order chi connectivity index (χ0) is 14.5. The number of hydrazine groups is 1. The number of amides is 1. The number of ether oxygens (including phenoxy) is 2. The molecule has 1 aromatic carbocycles. The molecule has 0 aliphatic carbocycles. The molecule has 0 saturated carbocycles. The molecule has 1 aromatic heterocycles. The average molecular weight is 278 g/mol. The third kappa shape index (κ3) is 2.86. The van der Waals surface area contributed by atoms with Gasteiger partial charge in [0.2, 0.25) is 0 Å². The van der Waals surface area contributed by atoms with E-state index in [2.05, 4.69) is 10.1 Å². The van der Waals surface area contributed by atoms with Crippen LogP contribution in [0.1, 0.15) is 22.1 Å². The molecule has 0 bridgehead atoms. The first-order valence-electron chi connectivity index (χ1n) is 5.72. The highest BCUT2D eigenvalue weighted by molar-refractivity contribution is 5.88. The van der Waals surface area contributed by atoms with Crippen molar-refractivity contribution in [2.45, 2.75) is 6.42 Å². The summed E-state index contributed by atoms with van der Waals surface area (Å²) in [6.07, 6.45) is 0.391. The van der Waals surface area contributed by atoms with Crippen molar-refractivity contribution >= 4 is 5.91 Å². The second kappa shape index (κ2) is 6.02. The molecular weight excluding hydrogens is 264 g/mol. The lowest BCUT2D eigenvalue weighted by atomic mass is 10.1. The lowest BCUT2D eigenvalue weighted by molar-refractivity contribution is 0.0910. The lowest BCUT2D eigenvalue weighted by Gasteiger charge is -2.08. The number of carbonyl (C=O) groups is 1. The van der Waals surface area contributed by atoms with E-state index >= 15 is 0 Å². The standard InChI is InChI=1S/C12H14N4O4/c1-18-8-4-3-7(5-9(8)19-2)6-10-14-12(20-16-10)11(17)15-13/h3-5H,6,13H2,1-2H3,(H,15,17). The third-order valence-electron chi connectivity index (χ3n) is 2.60. The third-order valence-corrected chi connectivity index (χ3v) is 2.60. The number of nitrogens with one attached hydrogen (secondary N) is 1. The van der Waals surface area contributed by atoms with Gasteiger partial charge in [-0.3, -0.25) is 10.2 Å². The molecule has 0 fully saturated rings. The summed E-state index contributed by atoms with van der Waals surface area (Å²) in [6, 6.07) is 5.43. The molecular formula is C12H14N4O4. The van der Waals surface area contributed by atoms with E-state index in [0.29, 0.717) is 23.7 Å². The van der Waals surface area contributed by atoms with E-state index in [1.807, 2.05) is 11.5 Å². The van der Waals surface area contributed by atoms with Crippen LogP contribution in [0, 0.1) is 0 Å². The van der Waals surface area contributed by atoms with Crippen LogP contribution in [0.25, 0.3) is 0 Å². The second-order valence-corrected chi connectivity index (χ2v) is 3.86. The Bertz CT molecular complexity index is 611. The first-order valence-corrected chi connectivity index (χ1v) is 5.72. The fourth-order valence-corrected chi connectivity index (χ4v) is 1.65. The molecule has 8 heteroatoms. The highest BCUT2D eigenvalue weighted by Crippen LogP contribution is 2.28. The topological polar surface area (TPSA) is 112 Å². The van der Waals surface area contributed by atoms with E-state index in [1.54, 1.807) is 26.4 Å². The van der Waals surface area contributed by atoms with Gasteiger partial charge in [-0.25, -0.2) is 5.84 Å². The molecule has 0 saturated heterocycles. The summed E-state index contributed by atoms with van der Waals surface area (Å²) in [5.74, 6) is 5.78. The SMILES string of the molecule is COc1ccc(Cc2noc(C(=O)NN)n2)cc1OC. The van der Waals surface area contributed by atoms with Crippen LogP contribution >= 0.6 is 0 Å². The van der Waals surface area contributed by atoms with Crippen LogP contribution in [0.15, 0.2) is 22.7 Å². The van der Waals surface area contributed by atoms with Crippen LogP contribution < -0.4 is 20.7 Å². The van der Waals surface area contributed by atoms with Crippen molar-refractivity contribution < 1.29 is 18.8 Å². The number of rotatable bonds is 5. The Hall–Kier alpha value is -2.61. The van der Waals surface area contributed by atoms with Gasteiger partial charge in [-0.1, -0.05) is 11.2 Å². The van der Waals surface area contributed by atoms with Crippen molar-refractivity contribution in [2.75, 3.05) is 14.2 Å². The molecule has 0 aliphatic heterocycles. The summed E-state index contributed by atoms with van der Waals surface area (Å²) < 4.78 is 15.1. The summed E-state index contributed by atoms with van der Waals surface area (Å²) in [6.45, 7) is 0. The molecule has 1 amide bonds. The van der Waals surface area contributed by atoms with Crippen LogP contribution in [0.4, 0.5) is 0 Å². The largest absolute Gasteiger partial charge is 0.493 e. The zero-order valence-corrected chi connectivity index (χ0v) is 11.0. The molecule has 0 unspecified atom stereocenters. The Morgan fingerprint density at radius 2 is 2.10 bits per heavy atom. The van der Waals surface area contributed by atoms with Crippen molar-refractivity contribution in [3.63, 3.8) is 0 Å². The normalized spacial score (nSPS) is 10.2. The summed E-state index contributed by atoms with van der Waals surface area (Å²) >= 11 is 0. The molecule has 8 nitrogen and oxygen atoms in total. The fraction of sp³-hybridized carbons (Fsp3) is 0.250. The highest BCUT2D eigenvalue weighted by atomic mass is 16.5. The Kier molecular flexibility index (Phi) is 4.16. The zero-order valence-electron chi connectivity index (χ0n) is 11.0. The number of methoxy groups -OCH3 is 2. The predicted octanol–water partition coefficient (Wildman–Crippen LogP) is 0.281. The van der Waals surface area contributed by atoms with Crippen molar-refractivity contribution in [3.05, 3.63) is 35.5 Å². The number of nitrogens with zero attached hydrogens (tertiary/aromatic N) is 2. The summed E-state index contributed by atoms with van der Waals surface area (Å²) in [7, 11) is 3.12. The number of hydrogen-bond acceptors (Lipinski definition) is 7. The molecule has 2 aromatic rings. The molecule has 0 atom stereocenters. The smallest absolute Gasteiger partial charge is 0.323 e. The Morgan fingerprint density at radius 1 is 1.35 bits per heavy atom. The van der Waals surface area contributed by atoms with Crippen molar-refractivity contribution in [1.29, 1.82) is 0 Å². The molecule has 0 spiro atoms. The van der Waals surface area contributed by atoms with E-state index in [1.165, 1.54) is 0 Å². The minimum atomic E-state index is -0.629. The van der Waals surface area contributed by atoms with Crippen LogP contribution in [-0.2, 0) is 6.42 Å². The summed E-state index contributed by atoms with van der Waals surface area (Å²) in [5.41, 5.74) is 2.81. The van der Waals surface area contributed by atoms with Gasteiger partial charge in [0.25, 0.3) is 0 Å². The average Bonchev–Trinajstić information content (AvgIpc) is 2.94. The predicted molar refractivity (Wildman–Crippen MR) is 68.3 cm³/mol. The molecule has 106 valence electrons. The fourth-order valence-electron chi connectivity index (χ4n) is 1.65. The molecule has 20 heavy (non-hydrogen) atoms. The number of aromatic nitrogens is 2. The van der Waals surface area contributed by atoms with E-state index in [4.69, 9.17) is 19.8 Å². The van der Waals surface area contributed by atoms with E-state index < -0.39 is 5.91 Å². The van der Waals surface area contributed by atoms with Crippen LogP contribution in [-0.4, -0.2) is 30.3 Å². The Balaban J connectivity index is 2.17. The highest BCUT2D eigenvalue weighted by Gasteiger charge is 2.14. The maximum atomic E-state index is 11.2. The monoisotopic (exact) mass is 278 g/mol.